The molecule has 0 aromatic heterocycles. The molecule has 0 spiro atoms. The van der Waals surface area contributed by atoms with Crippen LogP contribution < -0.4 is 10.1 Å². The first-order valence-corrected chi connectivity index (χ1v) is 6.21. The summed E-state index contributed by atoms with van der Waals surface area (Å²) < 4.78 is 5.11. The normalized spacial score (nSPS) is 12.0. The first kappa shape index (κ1) is 14.5. The zero-order valence-electron chi connectivity index (χ0n) is 11.6. The molecular formula is C14H22N2O2. The van der Waals surface area contributed by atoms with Crippen LogP contribution in [0.25, 0.3) is 0 Å². The number of hydrogen-bond acceptors (Lipinski definition) is 3. The van der Waals surface area contributed by atoms with Gasteiger partial charge >= 0.3 is 0 Å². The van der Waals surface area contributed by atoms with Crippen LogP contribution in [0.5, 0.6) is 5.75 Å². The molecule has 0 radical (unpaired) electrons. The molecule has 0 bridgehead atoms. The summed E-state index contributed by atoms with van der Waals surface area (Å²) in [6, 6.07) is 7.64. The summed E-state index contributed by atoms with van der Waals surface area (Å²) in [4.78, 5) is 13.9. The quantitative estimate of drug-likeness (QED) is 0.834. The molecule has 1 N–H and O–H groups in total. The number of hydrogen-bond donors (Lipinski definition) is 1. The average molecular weight is 250 g/mol. The SMILES string of the molecule is CCN(Cc1ccc(OC)cc1)C(=O)C(C)NC. The van der Waals surface area contributed by atoms with E-state index in [0.717, 1.165) is 11.3 Å². The first-order valence-electron chi connectivity index (χ1n) is 6.21. The Morgan fingerprint density at radius 3 is 2.44 bits per heavy atom. The number of carbonyl (C=O) groups is 1. The number of likely N-dealkylation sites (N-methyl/N-ethyl adjacent to an activating group) is 2. The zero-order valence-corrected chi connectivity index (χ0v) is 11.6. The van der Waals surface area contributed by atoms with Crippen LogP contribution >= 0.6 is 0 Å². The van der Waals surface area contributed by atoms with Crippen LogP contribution in [0.15, 0.2) is 24.3 Å². The lowest BCUT2D eigenvalue weighted by atomic mass is 10.2. The van der Waals surface area contributed by atoms with Gasteiger partial charge in [-0.3, -0.25) is 4.79 Å². The molecule has 1 unspecified atom stereocenters. The summed E-state index contributed by atoms with van der Waals surface area (Å²) in [6.07, 6.45) is 0. The Hall–Kier alpha value is -1.55. The largest absolute Gasteiger partial charge is 0.497 e. The highest BCUT2D eigenvalue weighted by Gasteiger charge is 2.17. The van der Waals surface area contributed by atoms with Crippen molar-refractivity contribution in [3.63, 3.8) is 0 Å². The van der Waals surface area contributed by atoms with E-state index < -0.39 is 0 Å². The standard InChI is InChI=1S/C14H22N2O2/c1-5-16(14(17)11(2)15-3)10-12-6-8-13(18-4)9-7-12/h6-9,11,15H,5,10H2,1-4H3. The number of methoxy groups -OCH3 is 1. The van der Waals surface area contributed by atoms with Crippen LogP contribution in [0.4, 0.5) is 0 Å². The molecule has 18 heavy (non-hydrogen) atoms. The van der Waals surface area contributed by atoms with Gasteiger partial charge in [-0.1, -0.05) is 12.1 Å². The van der Waals surface area contributed by atoms with E-state index in [4.69, 9.17) is 4.74 Å². The first-order chi connectivity index (χ1) is 8.62. The Kier molecular flexibility index (Phi) is 5.65. The summed E-state index contributed by atoms with van der Waals surface area (Å²) in [5.41, 5.74) is 1.11. The van der Waals surface area contributed by atoms with Gasteiger partial charge in [0.15, 0.2) is 0 Å². The number of rotatable bonds is 6. The summed E-state index contributed by atoms with van der Waals surface area (Å²) in [7, 11) is 3.44. The number of nitrogens with one attached hydrogen (secondary N) is 1. The molecule has 1 aromatic rings. The second kappa shape index (κ2) is 7.01. The number of benzene rings is 1. The van der Waals surface area contributed by atoms with Crippen molar-refractivity contribution < 1.29 is 9.53 Å². The van der Waals surface area contributed by atoms with E-state index in [1.807, 2.05) is 43.0 Å². The van der Waals surface area contributed by atoms with Crippen molar-refractivity contribution in [2.24, 2.45) is 0 Å². The van der Waals surface area contributed by atoms with Gasteiger partial charge in [0.1, 0.15) is 5.75 Å². The Balaban J connectivity index is 2.70. The molecule has 0 aliphatic heterocycles. The zero-order chi connectivity index (χ0) is 13.5. The fourth-order valence-corrected chi connectivity index (χ4v) is 1.69. The maximum Gasteiger partial charge on any atom is 0.239 e. The molecular weight excluding hydrogens is 228 g/mol. The smallest absolute Gasteiger partial charge is 0.239 e. The van der Waals surface area contributed by atoms with Gasteiger partial charge in [-0.05, 0) is 38.6 Å². The van der Waals surface area contributed by atoms with E-state index >= 15 is 0 Å². The van der Waals surface area contributed by atoms with Crippen molar-refractivity contribution in [1.29, 1.82) is 0 Å². The van der Waals surface area contributed by atoms with Crippen LogP contribution in [0, 0.1) is 0 Å². The molecule has 1 rings (SSSR count). The molecule has 0 heterocycles. The summed E-state index contributed by atoms with van der Waals surface area (Å²) in [5, 5.41) is 2.97. The van der Waals surface area contributed by atoms with Gasteiger partial charge in [-0.2, -0.15) is 0 Å². The van der Waals surface area contributed by atoms with Gasteiger partial charge in [0.05, 0.1) is 13.2 Å². The molecule has 4 nitrogen and oxygen atoms in total. The maximum absolute atomic E-state index is 12.1. The fraction of sp³-hybridized carbons (Fsp3) is 0.500. The van der Waals surface area contributed by atoms with Gasteiger partial charge in [0, 0.05) is 13.1 Å². The minimum absolute atomic E-state index is 0.121. The third-order valence-corrected chi connectivity index (χ3v) is 3.03. The van der Waals surface area contributed by atoms with E-state index in [9.17, 15) is 4.79 Å². The van der Waals surface area contributed by atoms with E-state index in [2.05, 4.69) is 5.32 Å². The van der Waals surface area contributed by atoms with E-state index in [-0.39, 0.29) is 11.9 Å². The predicted octanol–water partition coefficient (Wildman–Crippen LogP) is 1.65. The molecule has 0 saturated carbocycles. The maximum atomic E-state index is 12.1. The highest BCUT2D eigenvalue weighted by atomic mass is 16.5. The summed E-state index contributed by atoms with van der Waals surface area (Å²) >= 11 is 0. The van der Waals surface area contributed by atoms with Gasteiger partial charge in [0.2, 0.25) is 5.91 Å². The molecule has 1 aromatic carbocycles. The van der Waals surface area contributed by atoms with Crippen molar-refractivity contribution in [1.82, 2.24) is 10.2 Å². The average Bonchev–Trinajstić information content (AvgIpc) is 2.43. The van der Waals surface area contributed by atoms with Crippen molar-refractivity contribution >= 4 is 5.91 Å². The number of amides is 1. The molecule has 0 fully saturated rings. The van der Waals surface area contributed by atoms with Crippen LogP contribution in [0.1, 0.15) is 19.4 Å². The number of nitrogens with zero attached hydrogens (tertiary/aromatic N) is 1. The predicted molar refractivity (Wildman–Crippen MR) is 72.6 cm³/mol. The Morgan fingerprint density at radius 1 is 1.39 bits per heavy atom. The van der Waals surface area contributed by atoms with Crippen molar-refractivity contribution in [3.05, 3.63) is 29.8 Å². The Bertz CT molecular complexity index is 376. The van der Waals surface area contributed by atoms with Crippen LogP contribution in [-0.2, 0) is 11.3 Å². The number of carbonyl (C=O) groups excluding carboxylic acids is 1. The van der Waals surface area contributed by atoms with E-state index in [1.165, 1.54) is 0 Å². The molecule has 100 valence electrons. The molecule has 0 aliphatic carbocycles. The third-order valence-electron chi connectivity index (χ3n) is 3.03. The highest BCUT2D eigenvalue weighted by Crippen LogP contribution is 2.13. The van der Waals surface area contributed by atoms with Crippen molar-refractivity contribution in [2.45, 2.75) is 26.4 Å². The van der Waals surface area contributed by atoms with Crippen LogP contribution in [0.2, 0.25) is 0 Å². The lowest BCUT2D eigenvalue weighted by molar-refractivity contribution is -0.133. The summed E-state index contributed by atoms with van der Waals surface area (Å²) in [5.74, 6) is 0.951. The topological polar surface area (TPSA) is 41.6 Å². The van der Waals surface area contributed by atoms with E-state index in [0.29, 0.717) is 13.1 Å². The Morgan fingerprint density at radius 2 is 2.00 bits per heavy atom. The molecule has 1 atom stereocenters. The van der Waals surface area contributed by atoms with E-state index in [1.54, 1.807) is 14.2 Å². The number of ether oxygens (including phenoxy) is 1. The summed E-state index contributed by atoms with van der Waals surface area (Å²) in [6.45, 7) is 5.20. The molecule has 0 aliphatic rings. The molecule has 1 amide bonds. The fourth-order valence-electron chi connectivity index (χ4n) is 1.69. The van der Waals surface area contributed by atoms with Gasteiger partial charge in [0.25, 0.3) is 0 Å². The highest BCUT2D eigenvalue weighted by molar-refractivity contribution is 5.81. The van der Waals surface area contributed by atoms with Crippen molar-refractivity contribution in [2.75, 3.05) is 20.7 Å². The minimum Gasteiger partial charge on any atom is -0.497 e. The monoisotopic (exact) mass is 250 g/mol. The second-order valence-electron chi connectivity index (χ2n) is 4.21. The Labute approximate surface area is 109 Å². The molecule has 0 saturated heterocycles. The van der Waals surface area contributed by atoms with Gasteiger partial charge < -0.3 is 15.0 Å². The lowest BCUT2D eigenvalue weighted by Gasteiger charge is -2.24. The van der Waals surface area contributed by atoms with Crippen molar-refractivity contribution in [3.8, 4) is 5.75 Å². The second-order valence-corrected chi connectivity index (χ2v) is 4.21. The van der Waals surface area contributed by atoms with Gasteiger partial charge in [-0.25, -0.2) is 0 Å². The minimum atomic E-state index is -0.150. The molecule has 4 heteroatoms. The third kappa shape index (κ3) is 3.74. The van der Waals surface area contributed by atoms with Gasteiger partial charge in [-0.15, -0.1) is 0 Å². The van der Waals surface area contributed by atoms with Crippen LogP contribution in [-0.4, -0.2) is 37.6 Å². The van der Waals surface area contributed by atoms with Crippen LogP contribution in [0.3, 0.4) is 0 Å². The lowest BCUT2D eigenvalue weighted by Crippen LogP contribution is -2.43.